The number of carbonyl (C=O) groups is 1. The van der Waals surface area contributed by atoms with Crippen LogP contribution in [-0.2, 0) is 4.79 Å². The molecule has 0 aliphatic rings. The first-order chi connectivity index (χ1) is 12.8. The van der Waals surface area contributed by atoms with E-state index in [0.717, 1.165) is 11.1 Å². The van der Waals surface area contributed by atoms with Gasteiger partial charge in [-0.3, -0.25) is 14.9 Å². The van der Waals surface area contributed by atoms with Gasteiger partial charge in [0.15, 0.2) is 0 Å². The van der Waals surface area contributed by atoms with Gasteiger partial charge in [0.2, 0.25) is 0 Å². The standard InChI is InChI=1S/C20H20N4O3/c1-13(2)18-6-4-5-14(3)19(18)23-20(25)15(11-21)12-22-16-7-9-17(10-8-16)24(26)27/h4-10,12-13,22H,1-3H3,(H,23,25)/b15-12-. The Labute approximate surface area is 157 Å². The number of rotatable bonds is 6. The van der Waals surface area contributed by atoms with Crippen LogP contribution in [0.1, 0.15) is 30.9 Å². The maximum Gasteiger partial charge on any atom is 0.269 e. The average Bonchev–Trinajstić information content (AvgIpc) is 2.64. The minimum Gasteiger partial charge on any atom is -0.360 e. The molecule has 2 aromatic carbocycles. The number of amides is 1. The van der Waals surface area contributed by atoms with Crippen LogP contribution in [0.2, 0.25) is 0 Å². The number of hydrogen-bond acceptors (Lipinski definition) is 5. The smallest absolute Gasteiger partial charge is 0.269 e. The van der Waals surface area contributed by atoms with E-state index in [-0.39, 0.29) is 17.2 Å². The molecule has 138 valence electrons. The second-order valence-electron chi connectivity index (χ2n) is 6.27. The summed E-state index contributed by atoms with van der Waals surface area (Å²) in [4.78, 5) is 22.7. The SMILES string of the molecule is Cc1cccc(C(C)C)c1NC(=O)/C(C#N)=C\Nc1ccc([N+](=O)[O-])cc1. The zero-order valence-electron chi connectivity index (χ0n) is 15.3. The maximum atomic E-state index is 12.5. The number of hydrogen-bond donors (Lipinski definition) is 2. The summed E-state index contributed by atoms with van der Waals surface area (Å²) in [5, 5.41) is 25.6. The van der Waals surface area contributed by atoms with Gasteiger partial charge in [0.05, 0.1) is 4.92 Å². The van der Waals surface area contributed by atoms with Crippen molar-refractivity contribution in [3.05, 3.63) is 75.5 Å². The second-order valence-corrected chi connectivity index (χ2v) is 6.27. The molecular weight excluding hydrogens is 344 g/mol. The monoisotopic (exact) mass is 364 g/mol. The number of carbonyl (C=O) groups excluding carboxylic acids is 1. The van der Waals surface area contributed by atoms with Crippen LogP contribution in [0.25, 0.3) is 0 Å². The fourth-order valence-corrected chi connectivity index (χ4v) is 2.51. The largest absolute Gasteiger partial charge is 0.360 e. The predicted molar refractivity (Wildman–Crippen MR) is 104 cm³/mol. The highest BCUT2D eigenvalue weighted by molar-refractivity contribution is 6.07. The lowest BCUT2D eigenvalue weighted by Gasteiger charge is -2.16. The summed E-state index contributed by atoms with van der Waals surface area (Å²) in [5.74, 6) is -0.309. The number of para-hydroxylation sites is 1. The molecule has 0 radical (unpaired) electrons. The zero-order valence-corrected chi connectivity index (χ0v) is 15.3. The van der Waals surface area contributed by atoms with Gasteiger partial charge in [-0.2, -0.15) is 5.26 Å². The van der Waals surface area contributed by atoms with E-state index in [0.29, 0.717) is 11.4 Å². The molecule has 1 amide bonds. The van der Waals surface area contributed by atoms with E-state index in [4.69, 9.17) is 0 Å². The highest BCUT2D eigenvalue weighted by Crippen LogP contribution is 2.27. The van der Waals surface area contributed by atoms with E-state index in [1.165, 1.54) is 30.5 Å². The minimum atomic E-state index is -0.525. The summed E-state index contributed by atoms with van der Waals surface area (Å²) >= 11 is 0. The zero-order chi connectivity index (χ0) is 20.0. The molecule has 27 heavy (non-hydrogen) atoms. The van der Waals surface area contributed by atoms with E-state index in [9.17, 15) is 20.2 Å². The van der Waals surface area contributed by atoms with Crippen LogP contribution in [0.5, 0.6) is 0 Å². The minimum absolute atomic E-state index is 0.0384. The first-order valence-electron chi connectivity index (χ1n) is 8.35. The van der Waals surface area contributed by atoms with Gasteiger partial charge >= 0.3 is 0 Å². The molecule has 0 aliphatic carbocycles. The number of nitro benzene ring substituents is 1. The van der Waals surface area contributed by atoms with Crippen molar-refractivity contribution in [2.75, 3.05) is 10.6 Å². The molecule has 7 heteroatoms. The van der Waals surface area contributed by atoms with Gasteiger partial charge in [0.25, 0.3) is 11.6 Å². The molecule has 7 nitrogen and oxygen atoms in total. The normalized spacial score (nSPS) is 11.0. The molecule has 0 aromatic heterocycles. The summed E-state index contributed by atoms with van der Waals surface area (Å²) in [7, 11) is 0. The lowest BCUT2D eigenvalue weighted by molar-refractivity contribution is -0.384. The highest BCUT2D eigenvalue weighted by atomic mass is 16.6. The molecule has 0 bridgehead atoms. The first-order valence-corrected chi connectivity index (χ1v) is 8.35. The number of nitrogens with zero attached hydrogens (tertiary/aromatic N) is 2. The molecule has 2 aromatic rings. The molecule has 2 N–H and O–H groups in total. The van der Waals surface area contributed by atoms with Crippen molar-refractivity contribution in [2.24, 2.45) is 0 Å². The number of aryl methyl sites for hydroxylation is 1. The Kier molecular flexibility index (Phi) is 6.28. The highest BCUT2D eigenvalue weighted by Gasteiger charge is 2.15. The number of benzene rings is 2. The van der Waals surface area contributed by atoms with Crippen molar-refractivity contribution >= 4 is 23.0 Å². The van der Waals surface area contributed by atoms with Crippen LogP contribution in [0.4, 0.5) is 17.1 Å². The fraction of sp³-hybridized carbons (Fsp3) is 0.200. The van der Waals surface area contributed by atoms with E-state index in [1.54, 1.807) is 0 Å². The topological polar surface area (TPSA) is 108 Å². The molecule has 0 atom stereocenters. The third-order valence-corrected chi connectivity index (χ3v) is 3.99. The lowest BCUT2D eigenvalue weighted by atomic mass is 9.98. The van der Waals surface area contributed by atoms with Crippen molar-refractivity contribution < 1.29 is 9.72 Å². The van der Waals surface area contributed by atoms with Crippen LogP contribution < -0.4 is 10.6 Å². The summed E-state index contributed by atoms with van der Waals surface area (Å²) in [6.45, 7) is 5.95. The molecule has 0 unspecified atom stereocenters. The van der Waals surface area contributed by atoms with E-state index < -0.39 is 10.8 Å². The molecule has 0 aliphatic heterocycles. The van der Waals surface area contributed by atoms with E-state index >= 15 is 0 Å². The molecule has 0 saturated heterocycles. The Morgan fingerprint density at radius 2 is 1.89 bits per heavy atom. The molecule has 0 heterocycles. The third-order valence-electron chi connectivity index (χ3n) is 3.99. The summed E-state index contributed by atoms with van der Waals surface area (Å²) in [5.41, 5.74) is 2.99. The maximum absolute atomic E-state index is 12.5. The average molecular weight is 364 g/mol. The van der Waals surface area contributed by atoms with Crippen LogP contribution >= 0.6 is 0 Å². The van der Waals surface area contributed by atoms with Gasteiger partial charge in [-0.25, -0.2) is 0 Å². The van der Waals surface area contributed by atoms with Gasteiger partial charge in [-0.05, 0) is 36.1 Å². The molecule has 0 saturated carbocycles. The Bertz CT molecular complexity index is 925. The molecule has 2 rings (SSSR count). The Morgan fingerprint density at radius 1 is 1.22 bits per heavy atom. The third kappa shape index (κ3) is 4.92. The van der Waals surface area contributed by atoms with Crippen molar-refractivity contribution in [3.63, 3.8) is 0 Å². The summed E-state index contributed by atoms with van der Waals surface area (Å²) in [6, 6.07) is 13.3. The second kappa shape index (κ2) is 8.63. The van der Waals surface area contributed by atoms with E-state index in [2.05, 4.69) is 10.6 Å². The van der Waals surface area contributed by atoms with Crippen LogP contribution in [0.15, 0.2) is 54.2 Å². The predicted octanol–water partition coefficient (Wildman–Crippen LogP) is 4.48. The molecule has 0 fully saturated rings. The van der Waals surface area contributed by atoms with Crippen molar-refractivity contribution in [1.82, 2.24) is 0 Å². The number of nitriles is 1. The van der Waals surface area contributed by atoms with Crippen molar-refractivity contribution in [1.29, 1.82) is 5.26 Å². The number of nitro groups is 1. The van der Waals surface area contributed by atoms with Crippen molar-refractivity contribution in [2.45, 2.75) is 26.7 Å². The van der Waals surface area contributed by atoms with Gasteiger partial charge in [-0.15, -0.1) is 0 Å². The summed E-state index contributed by atoms with van der Waals surface area (Å²) < 4.78 is 0. The van der Waals surface area contributed by atoms with Crippen LogP contribution in [0.3, 0.4) is 0 Å². The quantitative estimate of drug-likeness (QED) is 0.340. The Hall–Kier alpha value is -3.66. The Balaban J connectivity index is 2.18. The number of non-ortho nitro benzene ring substituents is 1. The summed E-state index contributed by atoms with van der Waals surface area (Å²) in [6.07, 6.45) is 1.28. The molecule has 0 spiro atoms. The van der Waals surface area contributed by atoms with Gasteiger partial charge in [-0.1, -0.05) is 32.0 Å². The van der Waals surface area contributed by atoms with Crippen LogP contribution in [-0.4, -0.2) is 10.8 Å². The molecular formula is C20H20N4O3. The first kappa shape index (κ1) is 19.7. The fourth-order valence-electron chi connectivity index (χ4n) is 2.51. The number of nitrogens with one attached hydrogen (secondary N) is 2. The van der Waals surface area contributed by atoms with Crippen LogP contribution in [0, 0.1) is 28.4 Å². The van der Waals surface area contributed by atoms with E-state index in [1.807, 2.05) is 45.0 Å². The van der Waals surface area contributed by atoms with Crippen molar-refractivity contribution in [3.8, 4) is 6.07 Å². The number of anilines is 2. The van der Waals surface area contributed by atoms with Gasteiger partial charge in [0, 0.05) is 29.7 Å². The Morgan fingerprint density at radius 3 is 2.44 bits per heavy atom. The lowest BCUT2D eigenvalue weighted by Crippen LogP contribution is -2.17. The van der Waals surface area contributed by atoms with Gasteiger partial charge in [0.1, 0.15) is 11.6 Å². The van der Waals surface area contributed by atoms with Gasteiger partial charge < -0.3 is 10.6 Å².